The quantitative estimate of drug-likeness (QED) is 0.838. The molecule has 132 valence electrons. The minimum atomic E-state index is -2.48. The van der Waals surface area contributed by atoms with Gasteiger partial charge in [-0.3, -0.25) is 9.78 Å². The molecule has 1 atom stereocenters. The monoisotopic (exact) mass is 370 g/mol. The molecule has 4 rings (SSSR count). The van der Waals surface area contributed by atoms with Crippen LogP contribution in [0.2, 0.25) is 0 Å². The van der Waals surface area contributed by atoms with E-state index in [9.17, 15) is 9.59 Å². The number of benzene rings is 1. The third-order valence-corrected chi connectivity index (χ3v) is 5.37. The second-order valence-corrected chi connectivity index (χ2v) is 6.95. The molecule has 0 unspecified atom stereocenters. The Labute approximate surface area is 159 Å². The zero-order chi connectivity index (χ0) is 20.8. The van der Waals surface area contributed by atoms with Crippen molar-refractivity contribution in [3.05, 3.63) is 41.2 Å². The molecule has 2 aromatic rings. The van der Waals surface area contributed by atoms with Crippen LogP contribution in [-0.4, -0.2) is 30.4 Å². The fourth-order valence-electron chi connectivity index (χ4n) is 3.03. The average molecular weight is 370 g/mol. The van der Waals surface area contributed by atoms with E-state index in [0.717, 1.165) is 33.4 Å². The molecule has 0 saturated carbocycles. The second kappa shape index (κ2) is 6.52. The lowest BCUT2D eigenvalue weighted by Gasteiger charge is -2.12. The number of amides is 1. The summed E-state index contributed by atoms with van der Waals surface area (Å²) in [6, 6.07) is 4.98. The second-order valence-electron chi connectivity index (χ2n) is 5.92. The Hall–Kier alpha value is -2.76. The fraction of sp³-hybridized carbons (Fsp3) is 0.263. The van der Waals surface area contributed by atoms with Crippen molar-refractivity contribution < 1.29 is 18.4 Å². The maximum Gasteiger partial charge on any atom is 0.220 e. The van der Waals surface area contributed by atoms with Gasteiger partial charge in [-0.2, -0.15) is 0 Å². The maximum atomic E-state index is 11.8. The number of ether oxygens (including phenoxy) is 1. The molecule has 0 fully saturated rings. The van der Waals surface area contributed by atoms with Crippen molar-refractivity contribution in [2.24, 2.45) is 0 Å². The number of carbonyl (C=O) groups is 1. The van der Waals surface area contributed by atoms with Crippen molar-refractivity contribution in [2.45, 2.75) is 24.3 Å². The molecule has 7 heteroatoms. The van der Waals surface area contributed by atoms with Gasteiger partial charge < -0.3 is 15.0 Å². The minimum Gasteiger partial charge on any atom is -0.490 e. The van der Waals surface area contributed by atoms with Gasteiger partial charge in [-0.05, 0) is 17.7 Å². The summed E-state index contributed by atoms with van der Waals surface area (Å²) in [7, 11) is 0. The van der Waals surface area contributed by atoms with Gasteiger partial charge in [0.15, 0.2) is 11.0 Å². The van der Waals surface area contributed by atoms with Gasteiger partial charge in [-0.25, -0.2) is 4.79 Å². The van der Waals surface area contributed by atoms with Crippen LogP contribution in [0.5, 0.6) is 5.75 Å². The molecule has 26 heavy (non-hydrogen) atoms. The predicted molar refractivity (Wildman–Crippen MR) is 99.8 cm³/mol. The molecule has 0 bridgehead atoms. The highest BCUT2D eigenvalue weighted by Gasteiger charge is 2.29. The molecule has 1 amide bonds. The maximum absolute atomic E-state index is 11.8. The number of pyridine rings is 1. The van der Waals surface area contributed by atoms with Crippen LogP contribution in [0.15, 0.2) is 40.5 Å². The Balaban J connectivity index is 1.72. The van der Waals surface area contributed by atoms with Gasteiger partial charge in [0, 0.05) is 45.9 Å². The van der Waals surface area contributed by atoms with Gasteiger partial charge in [0.05, 0.1) is 11.7 Å². The minimum absolute atomic E-state index is 0.00663. The van der Waals surface area contributed by atoms with E-state index in [4.69, 9.17) is 8.85 Å². The van der Waals surface area contributed by atoms with Crippen LogP contribution in [0.25, 0.3) is 11.1 Å². The number of nitrogens with zero attached hydrogens (tertiary/aromatic N) is 2. The number of fused-ring (bicyclic) bond motifs is 2. The molecule has 1 aromatic carbocycles. The highest BCUT2D eigenvalue weighted by atomic mass is 32.2. The Morgan fingerprint density at radius 3 is 3.19 bits per heavy atom. The van der Waals surface area contributed by atoms with E-state index in [1.54, 1.807) is 37.4 Å². The Morgan fingerprint density at radius 2 is 2.42 bits per heavy atom. The van der Waals surface area contributed by atoms with Gasteiger partial charge in [0.25, 0.3) is 0 Å². The van der Waals surface area contributed by atoms with Crippen molar-refractivity contribution in [2.75, 3.05) is 18.5 Å². The number of hydrogen-bond acceptors (Lipinski definition) is 6. The summed E-state index contributed by atoms with van der Waals surface area (Å²) in [5, 5.41) is 2.92. The van der Waals surface area contributed by atoms with Crippen LogP contribution in [0, 0.1) is 0 Å². The van der Waals surface area contributed by atoms with Crippen molar-refractivity contribution in [1.29, 1.82) is 0 Å². The zero-order valence-corrected chi connectivity index (χ0v) is 14.7. The number of anilines is 1. The largest absolute Gasteiger partial charge is 0.490 e. The van der Waals surface area contributed by atoms with E-state index >= 15 is 0 Å². The first kappa shape index (κ1) is 13.4. The predicted octanol–water partition coefficient (Wildman–Crippen LogP) is 2.92. The first-order valence-corrected chi connectivity index (χ1v) is 8.92. The van der Waals surface area contributed by atoms with E-state index in [1.165, 1.54) is 0 Å². The Morgan fingerprint density at radius 1 is 1.54 bits per heavy atom. The van der Waals surface area contributed by atoms with E-state index in [-0.39, 0.29) is 17.0 Å². The molecule has 0 saturated heterocycles. The first-order valence-electron chi connectivity index (χ1n) is 9.61. The number of carbonyl (C=O) groups excluding carboxylic acids is 2. The molecular formula is C19H17N3O3S. The van der Waals surface area contributed by atoms with Crippen LogP contribution in [0.1, 0.15) is 29.1 Å². The van der Waals surface area contributed by atoms with E-state index in [2.05, 4.69) is 10.3 Å². The third kappa shape index (κ3) is 2.66. The fourth-order valence-corrected chi connectivity index (χ4v) is 3.92. The number of aromatic nitrogens is 1. The number of nitrogens with one attached hydrogen (secondary N) is 1. The summed E-state index contributed by atoms with van der Waals surface area (Å²) in [5.41, 5.74) is 2.76. The molecule has 0 radical (unpaired) electrons. The van der Waals surface area contributed by atoms with Crippen molar-refractivity contribution >= 4 is 29.3 Å². The van der Waals surface area contributed by atoms with Crippen LogP contribution in [0.3, 0.4) is 0 Å². The lowest BCUT2D eigenvalue weighted by atomic mass is 10.0. The molecule has 0 spiro atoms. The molecule has 6 nitrogen and oxygen atoms in total. The van der Waals surface area contributed by atoms with Crippen molar-refractivity contribution in [3.63, 3.8) is 0 Å². The van der Waals surface area contributed by atoms with Crippen molar-refractivity contribution in [1.82, 2.24) is 10.3 Å². The average Bonchev–Trinajstić information content (AvgIpc) is 3.28. The van der Waals surface area contributed by atoms with Crippen molar-refractivity contribution in [3.8, 4) is 16.9 Å². The Bertz CT molecular complexity index is 1050. The first-order chi connectivity index (χ1) is 13.8. The molecule has 1 N–H and O–H groups in total. The van der Waals surface area contributed by atoms with Gasteiger partial charge >= 0.3 is 0 Å². The summed E-state index contributed by atoms with van der Waals surface area (Å²) in [6.45, 7) is -0.367. The van der Waals surface area contributed by atoms with Crippen LogP contribution < -0.4 is 15.0 Å². The summed E-state index contributed by atoms with van der Waals surface area (Å²) in [6.07, 6.45) is 3.73. The molecule has 0 aliphatic carbocycles. The van der Waals surface area contributed by atoms with Crippen LogP contribution in [-0.2, 0) is 9.59 Å². The number of rotatable bonds is 3. The highest BCUT2D eigenvalue weighted by molar-refractivity contribution is 8.04. The molecular weight excluding hydrogens is 350 g/mol. The number of thioether (sulfide) groups is 1. The molecule has 2 aliphatic heterocycles. The van der Waals surface area contributed by atoms with E-state index in [0.29, 0.717) is 29.4 Å². The topological polar surface area (TPSA) is 71.5 Å². The smallest absolute Gasteiger partial charge is 0.220 e. The summed E-state index contributed by atoms with van der Waals surface area (Å²) >= 11 is 1.07. The SMILES string of the molecule is [2H]C([2H])([2H])N1C(=C=O)Sc2cc(-c3cncc4c3OC[C@H]4NC(=O)CC)ccc21. The van der Waals surface area contributed by atoms with Crippen LogP contribution in [0.4, 0.5) is 5.69 Å². The van der Waals surface area contributed by atoms with Gasteiger partial charge in [-0.1, -0.05) is 24.8 Å². The van der Waals surface area contributed by atoms with Crippen LogP contribution >= 0.6 is 11.8 Å². The van der Waals surface area contributed by atoms with Gasteiger partial charge in [0.2, 0.25) is 5.91 Å². The van der Waals surface area contributed by atoms with E-state index in [1.807, 2.05) is 6.07 Å². The lowest BCUT2D eigenvalue weighted by Crippen LogP contribution is -2.28. The van der Waals surface area contributed by atoms with Gasteiger partial charge in [0.1, 0.15) is 12.4 Å². The van der Waals surface area contributed by atoms with E-state index < -0.39 is 6.98 Å². The highest BCUT2D eigenvalue weighted by Crippen LogP contribution is 2.47. The summed E-state index contributed by atoms with van der Waals surface area (Å²) in [5.74, 6) is 2.29. The number of hydrogen-bond donors (Lipinski definition) is 1. The zero-order valence-electron chi connectivity index (χ0n) is 16.9. The molecule has 1 aromatic heterocycles. The molecule has 3 heterocycles. The molecule has 2 aliphatic rings. The normalized spacial score (nSPS) is 19.6. The lowest BCUT2D eigenvalue weighted by molar-refractivity contribution is -0.121. The Kier molecular flexibility index (Phi) is 3.37. The standard InChI is InChI=1S/C19H17N3O3S/c1-3-17(24)21-14-10-25-19-12(7-20-8-13(14)19)11-4-5-15-16(6-11)26-18(9-23)22(15)2/h4-8,14H,3,10H2,1-2H3,(H,21,24)/t14-/m1/s1/i2D3. The third-order valence-electron chi connectivity index (χ3n) is 4.36. The van der Waals surface area contributed by atoms with Gasteiger partial charge in [-0.15, -0.1) is 0 Å². The summed E-state index contributed by atoms with van der Waals surface area (Å²) in [4.78, 5) is 29.0. The summed E-state index contributed by atoms with van der Waals surface area (Å²) < 4.78 is 28.9.